The third kappa shape index (κ3) is 6.13. The van der Waals surface area contributed by atoms with Gasteiger partial charge in [-0.25, -0.2) is 0 Å². The first-order valence-corrected chi connectivity index (χ1v) is 7.05. The summed E-state index contributed by atoms with van der Waals surface area (Å²) in [5.41, 5.74) is 0.0417. The molecule has 5 nitrogen and oxygen atoms in total. The Balaban J connectivity index is 0.00000361. The maximum Gasteiger partial charge on any atom is 0.191 e. The zero-order chi connectivity index (χ0) is 14.5. The molecule has 0 spiro atoms. The van der Waals surface area contributed by atoms with E-state index in [-0.39, 0.29) is 35.1 Å². The van der Waals surface area contributed by atoms with Crippen LogP contribution in [-0.4, -0.2) is 62.8 Å². The summed E-state index contributed by atoms with van der Waals surface area (Å²) in [4.78, 5) is 6.47. The summed E-state index contributed by atoms with van der Waals surface area (Å²) in [6.07, 6.45) is 2.26. The van der Waals surface area contributed by atoms with E-state index in [0.717, 1.165) is 38.5 Å². The van der Waals surface area contributed by atoms with E-state index in [4.69, 9.17) is 4.74 Å². The molecule has 0 amide bonds. The molecule has 0 aliphatic carbocycles. The molecule has 0 aromatic heterocycles. The Morgan fingerprint density at radius 3 is 2.45 bits per heavy atom. The lowest BCUT2D eigenvalue weighted by Crippen LogP contribution is -2.52. The highest BCUT2D eigenvalue weighted by Gasteiger charge is 2.30. The molecular weight excluding hydrogens is 367 g/mol. The van der Waals surface area contributed by atoms with Gasteiger partial charge < -0.3 is 20.3 Å². The van der Waals surface area contributed by atoms with Crippen molar-refractivity contribution in [1.82, 2.24) is 15.5 Å². The summed E-state index contributed by atoms with van der Waals surface area (Å²) in [5, 5.41) is 6.73. The minimum absolute atomic E-state index is 0. The van der Waals surface area contributed by atoms with Gasteiger partial charge in [-0.1, -0.05) is 0 Å². The Bertz CT molecular complexity index is 302. The van der Waals surface area contributed by atoms with Gasteiger partial charge in [-0.15, -0.1) is 24.0 Å². The number of hydrogen-bond donors (Lipinski definition) is 2. The van der Waals surface area contributed by atoms with Crippen molar-refractivity contribution in [3.63, 3.8) is 0 Å². The van der Waals surface area contributed by atoms with Crippen LogP contribution in [0.5, 0.6) is 0 Å². The van der Waals surface area contributed by atoms with Crippen LogP contribution in [0.15, 0.2) is 4.99 Å². The Labute approximate surface area is 140 Å². The molecule has 1 fully saturated rings. The average molecular weight is 398 g/mol. The van der Waals surface area contributed by atoms with E-state index >= 15 is 0 Å². The van der Waals surface area contributed by atoms with E-state index in [1.807, 2.05) is 0 Å². The van der Waals surface area contributed by atoms with Crippen LogP contribution < -0.4 is 10.6 Å². The minimum atomic E-state index is -0.0469. The normalized spacial score (nSPS) is 23.6. The predicted molar refractivity (Wildman–Crippen MR) is 96.1 cm³/mol. The molecule has 1 aliphatic heterocycles. The molecule has 0 aromatic carbocycles. The lowest BCUT2D eigenvalue weighted by molar-refractivity contribution is 0.0242. The van der Waals surface area contributed by atoms with Gasteiger partial charge in [0.05, 0.1) is 5.60 Å². The highest BCUT2D eigenvalue weighted by atomic mass is 127. The number of likely N-dealkylation sites (N-methyl/N-ethyl adjacent to an activating group) is 1. The lowest BCUT2D eigenvalue weighted by Gasteiger charge is -2.33. The standard InChI is InChI=1S/C14H30N4O.HI/c1-13(2,18(5)6)10-16-12(15-4)17-11-14(3)8-7-9-19-14;/h7-11H2,1-6H3,(H2,15,16,17);1H. The molecule has 0 saturated carbocycles. The SMILES string of the molecule is CN=C(NCC1(C)CCCO1)NCC(C)(C)N(C)C.I. The van der Waals surface area contributed by atoms with Crippen molar-refractivity contribution in [2.45, 2.75) is 44.8 Å². The maximum atomic E-state index is 5.77. The van der Waals surface area contributed by atoms with E-state index in [9.17, 15) is 0 Å². The molecule has 0 bridgehead atoms. The highest BCUT2D eigenvalue weighted by molar-refractivity contribution is 14.0. The minimum Gasteiger partial charge on any atom is -0.373 e. The van der Waals surface area contributed by atoms with E-state index in [2.05, 4.69) is 55.4 Å². The van der Waals surface area contributed by atoms with Crippen LogP contribution in [0.1, 0.15) is 33.6 Å². The first-order chi connectivity index (χ1) is 8.79. The monoisotopic (exact) mass is 398 g/mol. The fraction of sp³-hybridized carbons (Fsp3) is 0.929. The number of aliphatic imine (C=N–C) groups is 1. The number of hydrogen-bond acceptors (Lipinski definition) is 3. The first-order valence-electron chi connectivity index (χ1n) is 7.05. The molecule has 2 N–H and O–H groups in total. The Kier molecular flexibility index (Phi) is 8.35. The van der Waals surface area contributed by atoms with Crippen molar-refractivity contribution in [3.8, 4) is 0 Å². The van der Waals surface area contributed by atoms with Crippen molar-refractivity contribution >= 4 is 29.9 Å². The van der Waals surface area contributed by atoms with Gasteiger partial charge in [-0.2, -0.15) is 0 Å². The van der Waals surface area contributed by atoms with Gasteiger partial charge in [-0.3, -0.25) is 4.99 Å². The summed E-state index contributed by atoms with van der Waals surface area (Å²) in [6, 6.07) is 0. The number of ether oxygens (including phenoxy) is 1. The summed E-state index contributed by atoms with van der Waals surface area (Å²) < 4.78 is 5.77. The van der Waals surface area contributed by atoms with Gasteiger partial charge in [0.15, 0.2) is 5.96 Å². The van der Waals surface area contributed by atoms with Crippen LogP contribution in [0.25, 0.3) is 0 Å². The van der Waals surface area contributed by atoms with Crippen molar-refractivity contribution in [3.05, 3.63) is 0 Å². The molecular formula is C14H31IN4O. The molecule has 1 unspecified atom stereocenters. The van der Waals surface area contributed by atoms with Crippen LogP contribution in [0.4, 0.5) is 0 Å². The third-order valence-electron chi connectivity index (χ3n) is 4.05. The van der Waals surface area contributed by atoms with E-state index in [1.54, 1.807) is 7.05 Å². The van der Waals surface area contributed by atoms with Crippen molar-refractivity contribution in [2.75, 3.05) is 40.8 Å². The number of guanidine groups is 1. The topological polar surface area (TPSA) is 48.9 Å². The van der Waals surface area contributed by atoms with Crippen LogP contribution in [0, 0.1) is 0 Å². The molecule has 20 heavy (non-hydrogen) atoms. The summed E-state index contributed by atoms with van der Waals surface area (Å²) in [6.45, 7) is 9.08. The zero-order valence-electron chi connectivity index (χ0n) is 13.7. The molecule has 1 saturated heterocycles. The summed E-state index contributed by atoms with van der Waals surface area (Å²) in [7, 11) is 5.98. The van der Waals surface area contributed by atoms with E-state index < -0.39 is 0 Å². The second kappa shape index (κ2) is 8.38. The third-order valence-corrected chi connectivity index (χ3v) is 4.05. The fourth-order valence-electron chi connectivity index (χ4n) is 1.93. The van der Waals surface area contributed by atoms with Crippen molar-refractivity contribution < 1.29 is 4.74 Å². The fourth-order valence-corrected chi connectivity index (χ4v) is 1.93. The van der Waals surface area contributed by atoms with Gasteiger partial charge >= 0.3 is 0 Å². The molecule has 0 aromatic rings. The van der Waals surface area contributed by atoms with Gasteiger partial charge in [0.2, 0.25) is 0 Å². The zero-order valence-corrected chi connectivity index (χ0v) is 16.1. The second-order valence-corrected chi connectivity index (χ2v) is 6.39. The maximum absolute atomic E-state index is 5.77. The summed E-state index contributed by atoms with van der Waals surface area (Å²) >= 11 is 0. The quantitative estimate of drug-likeness (QED) is 0.420. The van der Waals surface area contributed by atoms with Crippen LogP contribution >= 0.6 is 24.0 Å². The molecule has 0 radical (unpaired) electrons. The van der Waals surface area contributed by atoms with Gasteiger partial charge in [-0.05, 0) is 47.7 Å². The molecule has 6 heteroatoms. The molecule has 1 aliphatic rings. The molecule has 1 heterocycles. The van der Waals surface area contributed by atoms with E-state index in [1.165, 1.54) is 0 Å². The smallest absolute Gasteiger partial charge is 0.191 e. The van der Waals surface area contributed by atoms with Crippen molar-refractivity contribution in [2.24, 2.45) is 4.99 Å². The van der Waals surface area contributed by atoms with Crippen LogP contribution in [0.3, 0.4) is 0 Å². The Morgan fingerprint density at radius 2 is 2.00 bits per heavy atom. The second-order valence-electron chi connectivity index (χ2n) is 6.39. The van der Waals surface area contributed by atoms with Gasteiger partial charge in [0.1, 0.15) is 0 Å². The van der Waals surface area contributed by atoms with Crippen LogP contribution in [-0.2, 0) is 4.74 Å². The highest BCUT2D eigenvalue weighted by Crippen LogP contribution is 2.23. The number of nitrogens with zero attached hydrogens (tertiary/aromatic N) is 2. The molecule has 120 valence electrons. The van der Waals surface area contributed by atoms with Gasteiger partial charge in [0, 0.05) is 32.3 Å². The predicted octanol–water partition coefficient (Wildman–Crippen LogP) is 1.68. The first kappa shape index (κ1) is 19.9. The largest absolute Gasteiger partial charge is 0.373 e. The van der Waals surface area contributed by atoms with Gasteiger partial charge in [0.25, 0.3) is 0 Å². The Hall–Kier alpha value is -0.0800. The Morgan fingerprint density at radius 1 is 1.35 bits per heavy atom. The average Bonchev–Trinajstić information content (AvgIpc) is 2.76. The number of halogens is 1. The van der Waals surface area contributed by atoms with E-state index in [0.29, 0.717) is 0 Å². The molecule has 1 rings (SSSR count). The lowest BCUT2D eigenvalue weighted by atomic mass is 10.0. The number of rotatable bonds is 5. The number of nitrogens with one attached hydrogen (secondary N) is 2. The molecule has 1 atom stereocenters. The summed E-state index contributed by atoms with van der Waals surface area (Å²) in [5.74, 6) is 0.839. The van der Waals surface area contributed by atoms with Crippen LogP contribution in [0.2, 0.25) is 0 Å². The van der Waals surface area contributed by atoms with Crippen molar-refractivity contribution in [1.29, 1.82) is 0 Å².